The summed E-state index contributed by atoms with van der Waals surface area (Å²) in [6.07, 6.45) is 2.87. The average Bonchev–Trinajstić information content (AvgIpc) is 3.06. The Morgan fingerprint density at radius 2 is 2.26 bits per heavy atom. The molecule has 1 heterocycles. The molecule has 1 aromatic heterocycles. The van der Waals surface area contributed by atoms with Gasteiger partial charge in [-0.25, -0.2) is 0 Å². The maximum atomic E-state index is 11.7. The second-order valence-corrected chi connectivity index (χ2v) is 5.66. The van der Waals surface area contributed by atoms with E-state index in [4.69, 9.17) is 0 Å². The molecule has 1 fully saturated rings. The van der Waals surface area contributed by atoms with Crippen LogP contribution in [-0.2, 0) is 4.79 Å². The zero-order valence-electron chi connectivity index (χ0n) is 10.6. The van der Waals surface area contributed by atoms with E-state index < -0.39 is 0 Å². The lowest BCUT2D eigenvalue weighted by molar-refractivity contribution is -0.121. The minimum atomic E-state index is -0.227. The molecule has 1 aromatic rings. The van der Waals surface area contributed by atoms with Gasteiger partial charge in [-0.2, -0.15) is 0 Å². The molecule has 2 atom stereocenters. The van der Waals surface area contributed by atoms with Crippen LogP contribution < -0.4 is 10.6 Å². The van der Waals surface area contributed by atoms with Gasteiger partial charge in [0.25, 0.3) is 5.91 Å². The van der Waals surface area contributed by atoms with Crippen LogP contribution in [0, 0.1) is 5.92 Å². The number of thiophene rings is 1. The molecule has 1 aliphatic carbocycles. The molecule has 0 aliphatic heterocycles. The van der Waals surface area contributed by atoms with Crippen molar-refractivity contribution >= 4 is 23.2 Å². The quantitative estimate of drug-likeness (QED) is 0.746. The molecular weight excluding hydrogens is 264 g/mol. The number of rotatable bonds is 5. The van der Waals surface area contributed by atoms with E-state index in [0.29, 0.717) is 4.88 Å². The second kappa shape index (κ2) is 6.68. The van der Waals surface area contributed by atoms with E-state index in [-0.39, 0.29) is 36.9 Å². The Hall–Kier alpha value is -1.40. The van der Waals surface area contributed by atoms with Gasteiger partial charge in [-0.3, -0.25) is 9.59 Å². The van der Waals surface area contributed by atoms with Gasteiger partial charge in [0.1, 0.15) is 0 Å². The van der Waals surface area contributed by atoms with Crippen molar-refractivity contribution in [2.45, 2.75) is 25.3 Å². The summed E-state index contributed by atoms with van der Waals surface area (Å²) in [5, 5.41) is 16.5. The van der Waals surface area contributed by atoms with E-state index in [1.165, 1.54) is 11.3 Å². The largest absolute Gasteiger partial charge is 0.396 e. The summed E-state index contributed by atoms with van der Waals surface area (Å²) in [5.74, 6) is -0.275. The summed E-state index contributed by atoms with van der Waals surface area (Å²) in [6, 6.07) is 3.55. The summed E-state index contributed by atoms with van der Waals surface area (Å²) in [7, 11) is 0. The minimum Gasteiger partial charge on any atom is -0.396 e. The van der Waals surface area contributed by atoms with Crippen LogP contribution in [0.1, 0.15) is 28.9 Å². The molecule has 0 saturated heterocycles. The van der Waals surface area contributed by atoms with Crippen molar-refractivity contribution in [3.05, 3.63) is 22.4 Å². The van der Waals surface area contributed by atoms with Crippen LogP contribution in [0.4, 0.5) is 0 Å². The maximum absolute atomic E-state index is 11.7. The third-order valence-corrected chi connectivity index (χ3v) is 4.26. The fraction of sp³-hybridized carbons (Fsp3) is 0.538. The molecule has 0 bridgehead atoms. The average molecular weight is 282 g/mol. The van der Waals surface area contributed by atoms with Gasteiger partial charge in [0, 0.05) is 18.6 Å². The smallest absolute Gasteiger partial charge is 0.261 e. The summed E-state index contributed by atoms with van der Waals surface area (Å²) >= 11 is 1.34. The van der Waals surface area contributed by atoms with Crippen LogP contribution in [-0.4, -0.2) is 36.1 Å². The number of carbonyl (C=O) groups excluding carboxylic acids is 2. The summed E-state index contributed by atoms with van der Waals surface area (Å²) in [4.78, 5) is 24.0. The van der Waals surface area contributed by atoms with Crippen molar-refractivity contribution in [1.29, 1.82) is 0 Å². The normalized spacial score (nSPS) is 22.2. The third kappa shape index (κ3) is 3.78. The van der Waals surface area contributed by atoms with E-state index in [2.05, 4.69) is 10.6 Å². The topological polar surface area (TPSA) is 78.4 Å². The number of carbonyl (C=O) groups is 2. The number of hydrogen-bond acceptors (Lipinski definition) is 4. The molecule has 1 aliphatic rings. The zero-order chi connectivity index (χ0) is 13.7. The summed E-state index contributed by atoms with van der Waals surface area (Å²) < 4.78 is 0. The Morgan fingerprint density at radius 1 is 1.42 bits per heavy atom. The van der Waals surface area contributed by atoms with Crippen LogP contribution in [0.3, 0.4) is 0 Å². The minimum absolute atomic E-state index is 0.0224. The molecule has 0 spiro atoms. The van der Waals surface area contributed by atoms with Crippen molar-refractivity contribution in [2.24, 2.45) is 5.92 Å². The lowest BCUT2D eigenvalue weighted by atomic mass is 10.1. The fourth-order valence-electron chi connectivity index (χ4n) is 2.36. The van der Waals surface area contributed by atoms with Crippen LogP contribution >= 0.6 is 11.3 Å². The Labute approximate surface area is 116 Å². The molecule has 0 aromatic carbocycles. The molecule has 5 nitrogen and oxygen atoms in total. The molecule has 2 rings (SSSR count). The second-order valence-electron chi connectivity index (χ2n) is 4.71. The van der Waals surface area contributed by atoms with Crippen molar-refractivity contribution in [2.75, 3.05) is 13.2 Å². The Kier molecular flexibility index (Phi) is 4.93. The molecule has 6 heteroatoms. The number of amides is 2. The van der Waals surface area contributed by atoms with Crippen molar-refractivity contribution in [3.8, 4) is 0 Å². The van der Waals surface area contributed by atoms with E-state index in [0.717, 1.165) is 19.3 Å². The van der Waals surface area contributed by atoms with E-state index >= 15 is 0 Å². The highest BCUT2D eigenvalue weighted by molar-refractivity contribution is 7.12. The Balaban J connectivity index is 1.74. The zero-order valence-corrected chi connectivity index (χ0v) is 11.4. The summed E-state index contributed by atoms with van der Waals surface area (Å²) in [5.41, 5.74) is 0. The Bertz CT molecular complexity index is 433. The lowest BCUT2D eigenvalue weighted by Crippen LogP contribution is -2.43. The highest BCUT2D eigenvalue weighted by Gasteiger charge is 2.27. The van der Waals surface area contributed by atoms with Crippen molar-refractivity contribution < 1.29 is 14.7 Å². The first kappa shape index (κ1) is 14.0. The van der Waals surface area contributed by atoms with Gasteiger partial charge in [0.15, 0.2) is 0 Å². The van der Waals surface area contributed by atoms with E-state index in [9.17, 15) is 14.7 Å². The van der Waals surface area contributed by atoms with Crippen LogP contribution in [0.5, 0.6) is 0 Å². The monoisotopic (exact) mass is 282 g/mol. The van der Waals surface area contributed by atoms with Gasteiger partial charge in [0.2, 0.25) is 5.91 Å². The van der Waals surface area contributed by atoms with Crippen LogP contribution in [0.2, 0.25) is 0 Å². The van der Waals surface area contributed by atoms with Gasteiger partial charge in [-0.05, 0) is 24.3 Å². The molecule has 0 radical (unpaired) electrons. The molecular formula is C13H18N2O3S. The van der Waals surface area contributed by atoms with Crippen molar-refractivity contribution in [1.82, 2.24) is 10.6 Å². The Morgan fingerprint density at radius 3 is 2.95 bits per heavy atom. The van der Waals surface area contributed by atoms with Gasteiger partial charge in [-0.1, -0.05) is 12.5 Å². The number of aliphatic hydroxyl groups is 1. The van der Waals surface area contributed by atoms with Gasteiger partial charge in [0.05, 0.1) is 11.4 Å². The molecule has 2 unspecified atom stereocenters. The van der Waals surface area contributed by atoms with E-state index in [1.807, 2.05) is 5.38 Å². The number of aliphatic hydroxyl groups excluding tert-OH is 1. The number of hydrogen-bond donors (Lipinski definition) is 3. The predicted octanol–water partition coefficient (Wildman–Crippen LogP) is 0.755. The first-order chi connectivity index (χ1) is 9.20. The molecule has 104 valence electrons. The number of nitrogens with one attached hydrogen (secondary N) is 2. The van der Waals surface area contributed by atoms with Gasteiger partial charge in [-0.15, -0.1) is 11.3 Å². The summed E-state index contributed by atoms with van der Waals surface area (Å²) in [6.45, 7) is 0.0812. The predicted molar refractivity (Wildman–Crippen MR) is 73.0 cm³/mol. The first-order valence-electron chi connectivity index (χ1n) is 6.42. The van der Waals surface area contributed by atoms with Gasteiger partial charge < -0.3 is 15.7 Å². The van der Waals surface area contributed by atoms with Crippen molar-refractivity contribution in [3.63, 3.8) is 0 Å². The highest BCUT2D eigenvalue weighted by atomic mass is 32.1. The molecule has 1 saturated carbocycles. The maximum Gasteiger partial charge on any atom is 0.261 e. The molecule has 3 N–H and O–H groups in total. The van der Waals surface area contributed by atoms with Gasteiger partial charge >= 0.3 is 0 Å². The SMILES string of the molecule is O=C(CNC(=O)c1cccs1)NC1CCCC1CO. The molecule has 2 amide bonds. The van der Waals surface area contributed by atoms with Crippen LogP contribution in [0.15, 0.2) is 17.5 Å². The van der Waals surface area contributed by atoms with Crippen LogP contribution in [0.25, 0.3) is 0 Å². The third-order valence-electron chi connectivity index (χ3n) is 3.39. The standard InChI is InChI=1S/C13H18N2O3S/c16-8-9-3-1-4-10(9)15-12(17)7-14-13(18)11-5-2-6-19-11/h2,5-6,9-10,16H,1,3-4,7-8H2,(H,14,18)(H,15,17). The van der Waals surface area contributed by atoms with E-state index in [1.54, 1.807) is 12.1 Å². The molecule has 19 heavy (non-hydrogen) atoms. The highest BCUT2D eigenvalue weighted by Crippen LogP contribution is 2.24. The fourth-order valence-corrected chi connectivity index (χ4v) is 3.00. The first-order valence-corrected chi connectivity index (χ1v) is 7.30. The lowest BCUT2D eigenvalue weighted by Gasteiger charge is -2.19.